The summed E-state index contributed by atoms with van der Waals surface area (Å²) in [5, 5.41) is 7.85. The first-order valence-corrected chi connectivity index (χ1v) is 8.12. The third-order valence-electron chi connectivity index (χ3n) is 2.65. The molecule has 0 saturated carbocycles. The molecule has 106 valence electrons. The number of rotatable bonds is 6. The standard InChI is InChI=1S/C12H18ClN3O2S/c1-16(5-6-19(2,17)18)8-10-4-3-9(12(14)15)7-11(10)13/h3-4,7H,5-6,8H2,1-2H3,(H3,14,15). The second-order valence-electron chi connectivity index (χ2n) is 4.59. The van der Waals surface area contributed by atoms with Crippen LogP contribution in [0.15, 0.2) is 18.2 Å². The van der Waals surface area contributed by atoms with E-state index >= 15 is 0 Å². The zero-order valence-corrected chi connectivity index (χ0v) is 12.6. The van der Waals surface area contributed by atoms with Crippen LogP contribution < -0.4 is 5.73 Å². The Labute approximate surface area is 118 Å². The molecule has 0 unspecified atom stereocenters. The van der Waals surface area contributed by atoms with Gasteiger partial charge in [0.2, 0.25) is 0 Å². The number of halogens is 1. The van der Waals surface area contributed by atoms with Crippen molar-refractivity contribution in [3.63, 3.8) is 0 Å². The van der Waals surface area contributed by atoms with Gasteiger partial charge in [-0.1, -0.05) is 23.7 Å². The average Bonchev–Trinajstić information content (AvgIpc) is 2.28. The van der Waals surface area contributed by atoms with Crippen LogP contribution in [0.5, 0.6) is 0 Å². The van der Waals surface area contributed by atoms with Crippen molar-refractivity contribution in [2.24, 2.45) is 5.73 Å². The number of amidine groups is 1. The van der Waals surface area contributed by atoms with Crippen molar-refractivity contribution >= 4 is 27.3 Å². The van der Waals surface area contributed by atoms with Gasteiger partial charge in [-0.25, -0.2) is 8.42 Å². The van der Waals surface area contributed by atoms with E-state index in [0.29, 0.717) is 23.7 Å². The summed E-state index contributed by atoms with van der Waals surface area (Å²) in [4.78, 5) is 1.88. The fourth-order valence-electron chi connectivity index (χ4n) is 1.53. The summed E-state index contributed by atoms with van der Waals surface area (Å²) >= 11 is 6.11. The van der Waals surface area contributed by atoms with Gasteiger partial charge < -0.3 is 10.6 Å². The van der Waals surface area contributed by atoms with Crippen molar-refractivity contribution in [2.75, 3.05) is 25.6 Å². The molecule has 0 aliphatic rings. The van der Waals surface area contributed by atoms with E-state index in [1.807, 2.05) is 11.9 Å². The van der Waals surface area contributed by atoms with E-state index in [0.717, 1.165) is 5.56 Å². The van der Waals surface area contributed by atoms with E-state index in [-0.39, 0.29) is 11.6 Å². The molecule has 19 heavy (non-hydrogen) atoms. The lowest BCUT2D eigenvalue weighted by atomic mass is 10.1. The summed E-state index contributed by atoms with van der Waals surface area (Å²) < 4.78 is 22.2. The Hall–Kier alpha value is -1.11. The van der Waals surface area contributed by atoms with Crippen LogP contribution in [0.4, 0.5) is 0 Å². The molecular formula is C12H18ClN3O2S. The molecule has 0 aliphatic carbocycles. The number of nitrogens with two attached hydrogens (primary N) is 1. The van der Waals surface area contributed by atoms with E-state index in [1.54, 1.807) is 18.2 Å². The minimum atomic E-state index is -2.96. The number of nitrogens with zero attached hydrogens (tertiary/aromatic N) is 1. The quantitative estimate of drug-likeness (QED) is 0.608. The van der Waals surface area contributed by atoms with Crippen LogP contribution in [0, 0.1) is 5.41 Å². The maximum Gasteiger partial charge on any atom is 0.148 e. The first kappa shape index (κ1) is 15.9. The molecule has 0 aliphatic heterocycles. The third kappa shape index (κ3) is 5.59. The molecule has 1 aromatic rings. The summed E-state index contributed by atoms with van der Waals surface area (Å²) in [6.45, 7) is 0.996. The fourth-order valence-corrected chi connectivity index (χ4v) is 2.42. The first-order chi connectivity index (χ1) is 8.69. The van der Waals surface area contributed by atoms with Gasteiger partial charge in [-0.2, -0.15) is 0 Å². The summed E-state index contributed by atoms with van der Waals surface area (Å²) in [7, 11) is -1.13. The number of nitrogens with one attached hydrogen (secondary N) is 1. The number of nitrogen functional groups attached to an aromatic ring is 1. The highest BCUT2D eigenvalue weighted by Gasteiger charge is 2.09. The first-order valence-electron chi connectivity index (χ1n) is 5.68. The summed E-state index contributed by atoms with van der Waals surface area (Å²) in [5.41, 5.74) is 6.83. The summed E-state index contributed by atoms with van der Waals surface area (Å²) in [6, 6.07) is 5.17. The lowest BCUT2D eigenvalue weighted by molar-refractivity contribution is 0.346. The monoisotopic (exact) mass is 303 g/mol. The highest BCUT2D eigenvalue weighted by molar-refractivity contribution is 7.90. The lowest BCUT2D eigenvalue weighted by Gasteiger charge is -2.17. The van der Waals surface area contributed by atoms with Crippen LogP contribution in [0.25, 0.3) is 0 Å². The molecule has 0 aromatic heterocycles. The van der Waals surface area contributed by atoms with Gasteiger partial charge in [0, 0.05) is 29.9 Å². The van der Waals surface area contributed by atoms with Crippen molar-refractivity contribution in [1.82, 2.24) is 4.90 Å². The molecule has 0 bridgehead atoms. The molecule has 1 aromatic carbocycles. The van der Waals surface area contributed by atoms with Gasteiger partial charge in [0.05, 0.1) is 5.75 Å². The van der Waals surface area contributed by atoms with Gasteiger partial charge in [0.25, 0.3) is 0 Å². The van der Waals surface area contributed by atoms with Gasteiger partial charge in [0.1, 0.15) is 15.7 Å². The Morgan fingerprint density at radius 3 is 2.58 bits per heavy atom. The number of sulfone groups is 1. The molecule has 0 saturated heterocycles. The number of benzene rings is 1. The predicted octanol–water partition coefficient (Wildman–Crippen LogP) is 1.10. The SMILES string of the molecule is CN(CCS(C)(=O)=O)Cc1ccc(C(=N)N)cc1Cl. The Morgan fingerprint density at radius 1 is 1.47 bits per heavy atom. The minimum Gasteiger partial charge on any atom is -0.384 e. The molecule has 5 nitrogen and oxygen atoms in total. The van der Waals surface area contributed by atoms with Crippen LogP contribution in [-0.4, -0.2) is 44.8 Å². The van der Waals surface area contributed by atoms with E-state index in [4.69, 9.17) is 22.7 Å². The van der Waals surface area contributed by atoms with Crippen molar-refractivity contribution in [2.45, 2.75) is 6.54 Å². The Balaban J connectivity index is 2.69. The van der Waals surface area contributed by atoms with E-state index in [1.165, 1.54) is 6.26 Å². The zero-order valence-electron chi connectivity index (χ0n) is 11.0. The molecule has 0 atom stereocenters. The lowest BCUT2D eigenvalue weighted by Crippen LogP contribution is -2.25. The molecule has 0 heterocycles. The van der Waals surface area contributed by atoms with Crippen LogP contribution in [-0.2, 0) is 16.4 Å². The Kier molecular flexibility index (Phi) is 5.34. The van der Waals surface area contributed by atoms with E-state index in [9.17, 15) is 8.42 Å². The van der Waals surface area contributed by atoms with Crippen molar-refractivity contribution in [3.05, 3.63) is 34.3 Å². The molecule has 0 fully saturated rings. The Morgan fingerprint density at radius 2 is 2.11 bits per heavy atom. The van der Waals surface area contributed by atoms with Gasteiger partial charge in [-0.15, -0.1) is 0 Å². The van der Waals surface area contributed by atoms with Crippen LogP contribution >= 0.6 is 11.6 Å². The number of hydrogen-bond donors (Lipinski definition) is 2. The largest absolute Gasteiger partial charge is 0.384 e. The van der Waals surface area contributed by atoms with Gasteiger partial charge in [-0.3, -0.25) is 5.41 Å². The predicted molar refractivity (Wildman–Crippen MR) is 78.5 cm³/mol. The molecule has 0 spiro atoms. The summed E-state index contributed by atoms with van der Waals surface area (Å²) in [6.07, 6.45) is 1.22. The van der Waals surface area contributed by atoms with Gasteiger partial charge >= 0.3 is 0 Å². The minimum absolute atomic E-state index is 0.0288. The van der Waals surface area contributed by atoms with Crippen LogP contribution in [0.3, 0.4) is 0 Å². The maximum absolute atomic E-state index is 11.1. The topological polar surface area (TPSA) is 87.2 Å². The average molecular weight is 304 g/mol. The summed E-state index contributed by atoms with van der Waals surface area (Å²) in [5.74, 6) is 0.0889. The zero-order chi connectivity index (χ0) is 14.6. The second kappa shape index (κ2) is 6.36. The van der Waals surface area contributed by atoms with Crippen molar-refractivity contribution in [1.29, 1.82) is 5.41 Å². The highest BCUT2D eigenvalue weighted by Crippen LogP contribution is 2.19. The van der Waals surface area contributed by atoms with E-state index in [2.05, 4.69) is 0 Å². The normalized spacial score (nSPS) is 11.8. The molecular weight excluding hydrogens is 286 g/mol. The molecule has 3 N–H and O–H groups in total. The highest BCUT2D eigenvalue weighted by atomic mass is 35.5. The number of hydrogen-bond acceptors (Lipinski definition) is 4. The molecule has 0 radical (unpaired) electrons. The fraction of sp³-hybridized carbons (Fsp3) is 0.417. The molecule has 7 heteroatoms. The van der Waals surface area contributed by atoms with Crippen molar-refractivity contribution in [3.8, 4) is 0 Å². The smallest absolute Gasteiger partial charge is 0.148 e. The Bertz CT molecular complexity index is 572. The second-order valence-corrected chi connectivity index (χ2v) is 7.25. The molecule has 0 amide bonds. The molecule has 1 rings (SSSR count). The van der Waals surface area contributed by atoms with Crippen LogP contribution in [0.2, 0.25) is 5.02 Å². The maximum atomic E-state index is 11.1. The third-order valence-corrected chi connectivity index (χ3v) is 3.92. The van der Waals surface area contributed by atoms with E-state index < -0.39 is 9.84 Å². The van der Waals surface area contributed by atoms with Crippen molar-refractivity contribution < 1.29 is 8.42 Å². The van der Waals surface area contributed by atoms with Crippen LogP contribution in [0.1, 0.15) is 11.1 Å². The van der Waals surface area contributed by atoms with Gasteiger partial charge in [-0.05, 0) is 18.7 Å². The van der Waals surface area contributed by atoms with Gasteiger partial charge in [0.15, 0.2) is 0 Å².